The molecule has 2 aromatic heterocycles. The fraction of sp³-hybridized carbons (Fsp3) is 0.312. The number of fused-ring (bicyclic) bond motifs is 1. The van der Waals surface area contributed by atoms with Gasteiger partial charge in [-0.1, -0.05) is 17.7 Å². The first-order valence-corrected chi connectivity index (χ1v) is 7.67. The van der Waals surface area contributed by atoms with Gasteiger partial charge in [0.25, 0.3) is 0 Å². The molecule has 2 unspecified atom stereocenters. The number of imidazole rings is 1. The molecule has 0 fully saturated rings. The first kappa shape index (κ1) is 14.5. The summed E-state index contributed by atoms with van der Waals surface area (Å²) >= 11 is 12.7. The van der Waals surface area contributed by atoms with E-state index < -0.39 is 0 Å². The van der Waals surface area contributed by atoms with E-state index in [0.29, 0.717) is 5.02 Å². The molecule has 0 aliphatic rings. The van der Waals surface area contributed by atoms with Crippen LogP contribution in [0.3, 0.4) is 0 Å². The van der Waals surface area contributed by atoms with E-state index in [2.05, 4.69) is 16.5 Å². The van der Waals surface area contributed by atoms with E-state index in [9.17, 15) is 0 Å². The molecule has 0 saturated carbocycles. The molecule has 110 valence electrons. The van der Waals surface area contributed by atoms with E-state index in [1.165, 1.54) is 0 Å². The summed E-state index contributed by atoms with van der Waals surface area (Å²) in [5.41, 5.74) is 1.74. The zero-order valence-electron chi connectivity index (χ0n) is 12.1. The van der Waals surface area contributed by atoms with Crippen LogP contribution in [-0.2, 0) is 0 Å². The first-order valence-electron chi connectivity index (χ1n) is 6.85. The Labute approximate surface area is 133 Å². The molecule has 2 heterocycles. The fourth-order valence-electron chi connectivity index (χ4n) is 2.60. The summed E-state index contributed by atoms with van der Waals surface area (Å²) in [4.78, 5) is 4.63. The molecule has 3 nitrogen and oxygen atoms in total. The van der Waals surface area contributed by atoms with Crippen LogP contribution in [0, 0.1) is 6.92 Å². The van der Waals surface area contributed by atoms with Crippen LogP contribution in [0.25, 0.3) is 11.0 Å². The molecule has 2 atom stereocenters. The molecule has 0 aliphatic heterocycles. The van der Waals surface area contributed by atoms with Crippen molar-refractivity contribution in [3.63, 3.8) is 0 Å². The van der Waals surface area contributed by atoms with Gasteiger partial charge in [0.1, 0.15) is 17.3 Å². The maximum Gasteiger partial charge on any atom is 0.128 e. The van der Waals surface area contributed by atoms with Gasteiger partial charge >= 0.3 is 0 Å². The van der Waals surface area contributed by atoms with Crippen molar-refractivity contribution in [1.29, 1.82) is 0 Å². The summed E-state index contributed by atoms with van der Waals surface area (Å²) in [6.45, 7) is 5.90. The SMILES string of the molecule is Cc1ccc(C(C)n2c(C(C)Cl)nc3cccc(Cl)c32)o1. The number of alkyl halides is 1. The van der Waals surface area contributed by atoms with Crippen LogP contribution in [0.2, 0.25) is 5.02 Å². The zero-order valence-corrected chi connectivity index (χ0v) is 13.6. The molecule has 0 aliphatic carbocycles. The average molecular weight is 323 g/mol. The summed E-state index contributed by atoms with van der Waals surface area (Å²) in [6, 6.07) is 9.61. The lowest BCUT2D eigenvalue weighted by molar-refractivity contribution is 0.427. The Morgan fingerprint density at radius 2 is 1.95 bits per heavy atom. The summed E-state index contributed by atoms with van der Waals surface area (Å²) < 4.78 is 7.82. The van der Waals surface area contributed by atoms with Gasteiger partial charge in [0.05, 0.1) is 27.5 Å². The van der Waals surface area contributed by atoms with Crippen molar-refractivity contribution in [2.75, 3.05) is 0 Å². The van der Waals surface area contributed by atoms with Gasteiger partial charge < -0.3 is 8.98 Å². The number of hydrogen-bond acceptors (Lipinski definition) is 2. The van der Waals surface area contributed by atoms with Gasteiger partial charge in [-0.2, -0.15) is 0 Å². The van der Waals surface area contributed by atoms with Gasteiger partial charge in [-0.3, -0.25) is 0 Å². The van der Waals surface area contributed by atoms with Crippen molar-refractivity contribution in [1.82, 2.24) is 9.55 Å². The normalized spacial score (nSPS) is 14.5. The lowest BCUT2D eigenvalue weighted by Crippen LogP contribution is -2.10. The Kier molecular flexibility index (Phi) is 3.72. The number of aromatic nitrogens is 2. The molecule has 21 heavy (non-hydrogen) atoms. The Balaban J connectivity index is 2.26. The van der Waals surface area contributed by atoms with Crippen molar-refractivity contribution in [3.05, 3.63) is 52.7 Å². The average Bonchev–Trinajstić information content (AvgIpc) is 3.02. The van der Waals surface area contributed by atoms with E-state index in [0.717, 1.165) is 28.4 Å². The van der Waals surface area contributed by atoms with E-state index in [1.807, 2.05) is 44.2 Å². The smallest absolute Gasteiger partial charge is 0.128 e. The number of halogens is 2. The van der Waals surface area contributed by atoms with E-state index in [-0.39, 0.29) is 11.4 Å². The van der Waals surface area contributed by atoms with Crippen molar-refractivity contribution < 1.29 is 4.42 Å². The minimum Gasteiger partial charge on any atom is -0.464 e. The van der Waals surface area contributed by atoms with Crippen LogP contribution in [0.1, 0.15) is 42.6 Å². The van der Waals surface area contributed by atoms with Gasteiger partial charge in [-0.05, 0) is 45.0 Å². The van der Waals surface area contributed by atoms with E-state index >= 15 is 0 Å². The maximum absolute atomic E-state index is 6.38. The lowest BCUT2D eigenvalue weighted by atomic mass is 10.2. The van der Waals surface area contributed by atoms with E-state index in [4.69, 9.17) is 27.6 Å². The quantitative estimate of drug-likeness (QED) is 0.596. The predicted molar refractivity (Wildman–Crippen MR) is 86.3 cm³/mol. The van der Waals surface area contributed by atoms with Crippen LogP contribution in [0.5, 0.6) is 0 Å². The third-order valence-electron chi connectivity index (χ3n) is 3.60. The third-order valence-corrected chi connectivity index (χ3v) is 4.10. The van der Waals surface area contributed by atoms with Crippen LogP contribution in [0.4, 0.5) is 0 Å². The number of benzene rings is 1. The molecule has 3 rings (SSSR count). The Morgan fingerprint density at radius 3 is 2.57 bits per heavy atom. The Hall–Kier alpha value is -1.45. The lowest BCUT2D eigenvalue weighted by Gasteiger charge is -2.17. The van der Waals surface area contributed by atoms with Gasteiger partial charge in [-0.15, -0.1) is 11.6 Å². The summed E-state index contributed by atoms with van der Waals surface area (Å²) in [6.07, 6.45) is 0. The third kappa shape index (κ3) is 2.45. The zero-order chi connectivity index (χ0) is 15.1. The second-order valence-corrected chi connectivity index (χ2v) is 6.25. The van der Waals surface area contributed by atoms with Gasteiger partial charge in [0.2, 0.25) is 0 Å². The molecule has 0 radical (unpaired) electrons. The monoisotopic (exact) mass is 322 g/mol. The highest BCUT2D eigenvalue weighted by Crippen LogP contribution is 2.34. The van der Waals surface area contributed by atoms with E-state index in [1.54, 1.807) is 0 Å². The second-order valence-electron chi connectivity index (χ2n) is 5.19. The Morgan fingerprint density at radius 1 is 1.19 bits per heavy atom. The van der Waals surface area contributed by atoms with Gasteiger partial charge in [0.15, 0.2) is 0 Å². The second kappa shape index (κ2) is 5.39. The minimum absolute atomic E-state index is 0.0280. The number of hydrogen-bond donors (Lipinski definition) is 0. The van der Waals surface area contributed by atoms with Crippen LogP contribution < -0.4 is 0 Å². The maximum atomic E-state index is 6.38. The van der Waals surface area contributed by atoms with Crippen LogP contribution in [-0.4, -0.2) is 9.55 Å². The number of nitrogens with zero attached hydrogens (tertiary/aromatic N) is 2. The van der Waals surface area contributed by atoms with Gasteiger partial charge in [-0.25, -0.2) is 4.98 Å². The standard InChI is InChI=1S/C16H16Cl2N2O/c1-9-7-8-14(21-9)11(3)20-15-12(18)5-4-6-13(15)19-16(20)10(2)17/h4-8,10-11H,1-3H3. The van der Waals surface area contributed by atoms with Gasteiger partial charge in [0, 0.05) is 0 Å². The molecule has 5 heteroatoms. The highest BCUT2D eigenvalue weighted by atomic mass is 35.5. The Bertz CT molecular complexity index is 789. The molecule has 0 spiro atoms. The molecule has 1 aromatic carbocycles. The molecular weight excluding hydrogens is 307 g/mol. The summed E-state index contributed by atoms with van der Waals surface area (Å²) in [7, 11) is 0. The summed E-state index contributed by atoms with van der Waals surface area (Å²) in [5, 5.41) is 0.450. The van der Waals surface area contributed by atoms with Crippen molar-refractivity contribution in [2.45, 2.75) is 32.2 Å². The number of furan rings is 1. The molecule has 0 bridgehead atoms. The molecule has 0 N–H and O–H groups in total. The molecule has 0 amide bonds. The largest absolute Gasteiger partial charge is 0.464 e. The van der Waals surface area contributed by atoms with Crippen molar-refractivity contribution in [3.8, 4) is 0 Å². The van der Waals surface area contributed by atoms with Crippen LogP contribution >= 0.6 is 23.2 Å². The number of aryl methyl sites for hydroxylation is 1. The minimum atomic E-state index is -0.216. The highest BCUT2D eigenvalue weighted by Gasteiger charge is 2.23. The first-order chi connectivity index (χ1) is 9.99. The fourth-order valence-corrected chi connectivity index (χ4v) is 3.02. The van der Waals surface area contributed by atoms with Crippen molar-refractivity contribution in [2.24, 2.45) is 0 Å². The number of para-hydroxylation sites is 1. The predicted octanol–water partition coefficient (Wildman–Crippen LogP) is 5.50. The molecule has 3 aromatic rings. The molecule has 0 saturated heterocycles. The van der Waals surface area contributed by atoms with Crippen LogP contribution in [0.15, 0.2) is 34.7 Å². The summed E-state index contributed by atoms with van der Waals surface area (Å²) in [5.74, 6) is 2.54. The number of rotatable bonds is 3. The topological polar surface area (TPSA) is 31.0 Å². The van der Waals surface area contributed by atoms with Crippen molar-refractivity contribution >= 4 is 34.2 Å². The molecular formula is C16H16Cl2N2O. The highest BCUT2D eigenvalue weighted by molar-refractivity contribution is 6.35.